The summed E-state index contributed by atoms with van der Waals surface area (Å²) in [5.74, 6) is -0.776. The van der Waals surface area contributed by atoms with Crippen LogP contribution in [0, 0.1) is 0 Å². The molecule has 126 valence electrons. The van der Waals surface area contributed by atoms with E-state index < -0.39 is 5.97 Å². The second-order valence-electron chi connectivity index (χ2n) is 5.74. The number of carboxylic acid groups (broad SMARTS) is 1. The Hall–Kier alpha value is -1.31. The molecule has 0 spiro atoms. The van der Waals surface area contributed by atoms with E-state index in [-0.39, 0.29) is 6.42 Å². The first-order valence-corrected chi connectivity index (χ1v) is 8.95. The fourth-order valence-corrected chi connectivity index (χ4v) is 2.29. The predicted molar refractivity (Wildman–Crippen MR) is 96.1 cm³/mol. The highest BCUT2D eigenvalue weighted by molar-refractivity contribution is 5.68. The lowest BCUT2D eigenvalue weighted by molar-refractivity contribution is -0.136. The van der Waals surface area contributed by atoms with E-state index in [2.05, 4.69) is 25.2 Å². The first kappa shape index (κ1) is 20.7. The van der Waals surface area contributed by atoms with Crippen molar-refractivity contribution in [2.75, 3.05) is 0 Å². The molecule has 0 radical (unpaired) electrons. The molecular formula is C20H34O2. The number of hydrogen-bond acceptors (Lipinski definition) is 1. The molecular weight excluding hydrogens is 272 g/mol. The van der Waals surface area contributed by atoms with Crippen molar-refractivity contribution in [1.82, 2.24) is 0 Å². The van der Waals surface area contributed by atoms with E-state index in [4.69, 9.17) is 5.11 Å². The third-order valence-electron chi connectivity index (χ3n) is 3.57. The molecule has 0 aromatic carbocycles. The summed E-state index contributed by atoms with van der Waals surface area (Å²) in [6, 6.07) is 0. The van der Waals surface area contributed by atoms with Crippen LogP contribution < -0.4 is 0 Å². The quantitative estimate of drug-likeness (QED) is 0.215. The molecule has 0 saturated carbocycles. The molecule has 0 atom stereocenters. The van der Waals surface area contributed by atoms with Crippen LogP contribution in [0.25, 0.3) is 0 Å². The molecule has 0 fully saturated rings. The summed E-state index contributed by atoms with van der Waals surface area (Å²) in [4.78, 5) is 10.3. The highest BCUT2D eigenvalue weighted by Gasteiger charge is 1.91. The van der Waals surface area contributed by atoms with Crippen LogP contribution in [0.4, 0.5) is 0 Å². The van der Waals surface area contributed by atoms with E-state index in [1.54, 1.807) is 6.08 Å². The molecule has 22 heavy (non-hydrogen) atoms. The zero-order chi connectivity index (χ0) is 16.3. The van der Waals surface area contributed by atoms with Gasteiger partial charge in [-0.1, -0.05) is 81.9 Å². The zero-order valence-corrected chi connectivity index (χ0v) is 14.3. The van der Waals surface area contributed by atoms with Crippen molar-refractivity contribution in [3.63, 3.8) is 0 Å². The fourth-order valence-electron chi connectivity index (χ4n) is 2.29. The van der Waals surface area contributed by atoms with Gasteiger partial charge in [0, 0.05) is 0 Å². The fraction of sp³-hybridized carbons (Fsp3) is 0.650. The van der Waals surface area contributed by atoms with E-state index in [1.807, 2.05) is 12.2 Å². The summed E-state index contributed by atoms with van der Waals surface area (Å²) in [6.07, 6.45) is 26.5. The Morgan fingerprint density at radius 3 is 1.77 bits per heavy atom. The van der Waals surface area contributed by atoms with Gasteiger partial charge >= 0.3 is 5.97 Å². The molecule has 0 aliphatic rings. The summed E-state index contributed by atoms with van der Waals surface area (Å²) in [5.41, 5.74) is 0. The van der Waals surface area contributed by atoms with Crippen molar-refractivity contribution < 1.29 is 9.90 Å². The molecule has 0 aliphatic carbocycles. The van der Waals surface area contributed by atoms with Crippen molar-refractivity contribution in [2.45, 2.75) is 84.0 Å². The number of carboxylic acids is 1. The van der Waals surface area contributed by atoms with Gasteiger partial charge in [0.2, 0.25) is 0 Å². The lowest BCUT2D eigenvalue weighted by Crippen LogP contribution is -1.89. The molecule has 0 heterocycles. The van der Waals surface area contributed by atoms with E-state index in [9.17, 15) is 4.79 Å². The highest BCUT2D eigenvalue weighted by Crippen LogP contribution is 2.11. The Balaban J connectivity index is 3.17. The molecule has 0 amide bonds. The molecule has 0 aliphatic heterocycles. The van der Waals surface area contributed by atoms with Crippen LogP contribution in [0.3, 0.4) is 0 Å². The highest BCUT2D eigenvalue weighted by atomic mass is 16.4. The van der Waals surface area contributed by atoms with Gasteiger partial charge in [-0.25, -0.2) is 0 Å². The molecule has 1 N–H and O–H groups in total. The Bertz CT molecular complexity index is 327. The predicted octanol–water partition coefficient (Wildman–Crippen LogP) is 6.44. The number of aliphatic carboxylic acids is 1. The zero-order valence-electron chi connectivity index (χ0n) is 14.3. The normalized spacial score (nSPS) is 12.0. The van der Waals surface area contributed by atoms with Gasteiger partial charge in [0.05, 0.1) is 6.42 Å². The molecule has 2 nitrogen and oxygen atoms in total. The summed E-state index contributed by atoms with van der Waals surface area (Å²) >= 11 is 0. The second-order valence-corrected chi connectivity index (χ2v) is 5.74. The van der Waals surface area contributed by atoms with E-state index in [1.165, 1.54) is 57.8 Å². The van der Waals surface area contributed by atoms with Crippen molar-refractivity contribution >= 4 is 5.97 Å². The van der Waals surface area contributed by atoms with Gasteiger partial charge in [0.1, 0.15) is 0 Å². The van der Waals surface area contributed by atoms with Crippen molar-refractivity contribution in [3.8, 4) is 0 Å². The van der Waals surface area contributed by atoms with Gasteiger partial charge in [0.15, 0.2) is 0 Å². The molecule has 0 aromatic rings. The number of allylic oxidation sites excluding steroid dienone is 5. The third kappa shape index (κ3) is 18.7. The van der Waals surface area contributed by atoms with Gasteiger partial charge in [-0.2, -0.15) is 0 Å². The molecule has 0 aromatic heterocycles. The van der Waals surface area contributed by atoms with Crippen LogP contribution in [0.1, 0.15) is 84.0 Å². The van der Waals surface area contributed by atoms with E-state index in [0.717, 1.165) is 12.8 Å². The van der Waals surface area contributed by atoms with Crippen LogP contribution in [0.2, 0.25) is 0 Å². The van der Waals surface area contributed by atoms with Crippen LogP contribution in [0.15, 0.2) is 36.5 Å². The van der Waals surface area contributed by atoms with Crippen molar-refractivity contribution in [2.24, 2.45) is 0 Å². The maximum absolute atomic E-state index is 10.3. The molecule has 0 saturated heterocycles. The summed E-state index contributed by atoms with van der Waals surface area (Å²) in [6.45, 7) is 2.18. The third-order valence-corrected chi connectivity index (χ3v) is 3.57. The summed E-state index contributed by atoms with van der Waals surface area (Å²) in [5, 5.41) is 8.46. The Labute approximate surface area is 137 Å². The summed E-state index contributed by atoms with van der Waals surface area (Å²) < 4.78 is 0. The minimum absolute atomic E-state index is 0.110. The Kier molecular flexibility index (Phi) is 16.7. The first-order valence-electron chi connectivity index (χ1n) is 8.95. The van der Waals surface area contributed by atoms with Gasteiger partial charge in [-0.05, 0) is 32.1 Å². The number of carbonyl (C=O) groups is 1. The Morgan fingerprint density at radius 2 is 1.23 bits per heavy atom. The topological polar surface area (TPSA) is 37.3 Å². The van der Waals surface area contributed by atoms with Crippen LogP contribution in [0.5, 0.6) is 0 Å². The standard InChI is InChI=1S/C20H34O2/c1-2-3-4-5-6-7-8-9-10-11-12-13-14-15-16-17-18-19-20(21)22/h3-4,15-18H,2,5-14,19H2,1H3,(H,21,22). The average molecular weight is 306 g/mol. The van der Waals surface area contributed by atoms with Crippen molar-refractivity contribution in [1.29, 1.82) is 0 Å². The second kappa shape index (κ2) is 17.7. The molecule has 0 unspecified atom stereocenters. The number of rotatable bonds is 15. The minimum atomic E-state index is -0.776. The monoisotopic (exact) mass is 306 g/mol. The summed E-state index contributed by atoms with van der Waals surface area (Å²) in [7, 11) is 0. The SMILES string of the molecule is CCC=CCCCCCCCCCCC=CC=CCC(=O)O. The van der Waals surface area contributed by atoms with Gasteiger partial charge in [-0.15, -0.1) is 0 Å². The van der Waals surface area contributed by atoms with E-state index in [0.29, 0.717) is 0 Å². The minimum Gasteiger partial charge on any atom is -0.481 e. The average Bonchev–Trinajstić information content (AvgIpc) is 2.50. The van der Waals surface area contributed by atoms with Gasteiger partial charge in [0.25, 0.3) is 0 Å². The van der Waals surface area contributed by atoms with Crippen LogP contribution in [-0.2, 0) is 4.79 Å². The maximum Gasteiger partial charge on any atom is 0.307 e. The maximum atomic E-state index is 10.3. The lowest BCUT2D eigenvalue weighted by Gasteiger charge is -2.00. The van der Waals surface area contributed by atoms with Gasteiger partial charge in [-0.3, -0.25) is 4.79 Å². The molecule has 0 bridgehead atoms. The van der Waals surface area contributed by atoms with Crippen molar-refractivity contribution in [3.05, 3.63) is 36.5 Å². The largest absolute Gasteiger partial charge is 0.481 e. The van der Waals surface area contributed by atoms with Crippen LogP contribution >= 0.6 is 0 Å². The molecule has 0 rings (SSSR count). The van der Waals surface area contributed by atoms with E-state index >= 15 is 0 Å². The number of hydrogen-bond donors (Lipinski definition) is 1. The Morgan fingerprint density at radius 1 is 0.727 bits per heavy atom. The first-order chi connectivity index (χ1) is 10.8. The smallest absolute Gasteiger partial charge is 0.307 e. The number of unbranched alkanes of at least 4 members (excludes halogenated alkanes) is 9. The van der Waals surface area contributed by atoms with Gasteiger partial charge < -0.3 is 5.11 Å². The van der Waals surface area contributed by atoms with Crippen LogP contribution in [-0.4, -0.2) is 11.1 Å². The lowest BCUT2D eigenvalue weighted by atomic mass is 10.1. The molecule has 2 heteroatoms.